The number of carbonyl (C=O) groups is 2. The summed E-state index contributed by atoms with van der Waals surface area (Å²) in [5, 5.41) is 0. The Labute approximate surface area is 77.8 Å². The molecular weight excluding hydrogens is 168 g/mol. The average Bonchev–Trinajstić information content (AvgIpc) is 2.47. The number of rotatable bonds is 2. The van der Waals surface area contributed by atoms with Crippen molar-refractivity contribution in [2.75, 3.05) is 6.61 Å². The molecule has 1 aliphatic rings. The average molecular weight is 182 g/mol. The Kier molecular flexibility index (Phi) is 3.23. The molecular formula is C10H14O3. The van der Waals surface area contributed by atoms with Gasteiger partial charge in [-0.15, -0.1) is 0 Å². The van der Waals surface area contributed by atoms with Gasteiger partial charge in [-0.1, -0.05) is 6.08 Å². The number of carbonyl (C=O) groups excluding carboxylic acids is 2. The quantitative estimate of drug-likeness (QED) is 0.480. The first-order valence-electron chi connectivity index (χ1n) is 4.56. The van der Waals surface area contributed by atoms with Crippen LogP contribution in [0.1, 0.15) is 26.7 Å². The third-order valence-corrected chi connectivity index (χ3v) is 2.24. The van der Waals surface area contributed by atoms with Gasteiger partial charge in [0.25, 0.3) is 0 Å². The minimum Gasteiger partial charge on any atom is -0.466 e. The molecule has 1 fully saturated rings. The molecule has 1 saturated carbocycles. The zero-order valence-corrected chi connectivity index (χ0v) is 8.00. The van der Waals surface area contributed by atoms with Crippen molar-refractivity contribution in [2.45, 2.75) is 26.7 Å². The molecule has 0 aromatic heterocycles. The summed E-state index contributed by atoms with van der Waals surface area (Å²) in [6.45, 7) is 3.93. The molecule has 0 N–H and O–H groups in total. The number of esters is 1. The molecule has 1 unspecified atom stereocenters. The molecule has 0 radical (unpaired) electrons. The molecule has 72 valence electrons. The summed E-state index contributed by atoms with van der Waals surface area (Å²) in [5.41, 5.74) is 0.624. The van der Waals surface area contributed by atoms with Crippen molar-refractivity contribution >= 4 is 11.8 Å². The summed E-state index contributed by atoms with van der Waals surface area (Å²) in [4.78, 5) is 22.6. The Morgan fingerprint density at radius 2 is 2.38 bits per heavy atom. The maximum Gasteiger partial charge on any atom is 0.313 e. The molecule has 0 heterocycles. The van der Waals surface area contributed by atoms with E-state index in [1.165, 1.54) is 0 Å². The number of hydrogen-bond acceptors (Lipinski definition) is 3. The Hall–Kier alpha value is -1.12. The largest absolute Gasteiger partial charge is 0.466 e. The lowest BCUT2D eigenvalue weighted by Gasteiger charge is -2.08. The molecule has 0 amide bonds. The van der Waals surface area contributed by atoms with Crippen molar-refractivity contribution in [3.63, 3.8) is 0 Å². The topological polar surface area (TPSA) is 43.4 Å². The van der Waals surface area contributed by atoms with Gasteiger partial charge in [0, 0.05) is 12.0 Å². The van der Waals surface area contributed by atoms with Crippen LogP contribution in [0.15, 0.2) is 11.6 Å². The van der Waals surface area contributed by atoms with Gasteiger partial charge in [0.15, 0.2) is 5.78 Å². The normalized spacial score (nSPS) is 25.2. The first-order chi connectivity index (χ1) is 6.20. The van der Waals surface area contributed by atoms with Gasteiger partial charge in [0.05, 0.1) is 12.5 Å². The van der Waals surface area contributed by atoms with E-state index in [0.717, 1.165) is 0 Å². The first-order valence-corrected chi connectivity index (χ1v) is 4.56. The Balaban J connectivity index is 2.71. The van der Waals surface area contributed by atoms with Crippen molar-refractivity contribution in [1.82, 2.24) is 0 Å². The molecule has 0 aromatic carbocycles. The van der Waals surface area contributed by atoms with Crippen LogP contribution in [-0.4, -0.2) is 18.4 Å². The smallest absolute Gasteiger partial charge is 0.313 e. The summed E-state index contributed by atoms with van der Waals surface area (Å²) >= 11 is 0. The Bertz CT molecular complexity index is 253. The fourth-order valence-corrected chi connectivity index (χ4v) is 1.62. The lowest BCUT2D eigenvalue weighted by molar-refractivity contribution is -0.146. The molecule has 0 aromatic rings. The highest BCUT2D eigenvalue weighted by Crippen LogP contribution is 2.28. The van der Waals surface area contributed by atoms with E-state index in [4.69, 9.17) is 4.74 Å². The molecule has 1 atom stereocenters. The lowest BCUT2D eigenvalue weighted by Crippen LogP contribution is -2.17. The van der Waals surface area contributed by atoms with Crippen LogP contribution in [0.5, 0.6) is 0 Å². The summed E-state index contributed by atoms with van der Waals surface area (Å²) in [6, 6.07) is 0. The zero-order valence-electron chi connectivity index (χ0n) is 8.00. The third-order valence-electron chi connectivity index (χ3n) is 2.24. The molecule has 13 heavy (non-hydrogen) atoms. The zero-order chi connectivity index (χ0) is 9.84. The standard InChI is InChI=1S/C10H14O3/c1-3-7-8(5-6-9(7)11)10(12)13-4-2/h3,8H,4-6H2,1-2H3/b7-3+. The van der Waals surface area contributed by atoms with Crippen molar-refractivity contribution in [1.29, 1.82) is 0 Å². The molecule has 3 nitrogen and oxygen atoms in total. The highest BCUT2D eigenvalue weighted by molar-refractivity contribution is 6.03. The van der Waals surface area contributed by atoms with Crippen molar-refractivity contribution in [2.24, 2.45) is 5.92 Å². The number of ketones is 1. The van der Waals surface area contributed by atoms with Gasteiger partial charge in [-0.2, -0.15) is 0 Å². The second-order valence-corrected chi connectivity index (χ2v) is 3.01. The van der Waals surface area contributed by atoms with E-state index < -0.39 is 0 Å². The second kappa shape index (κ2) is 4.21. The van der Waals surface area contributed by atoms with E-state index in [-0.39, 0.29) is 17.7 Å². The number of ether oxygens (including phenoxy) is 1. The number of allylic oxidation sites excluding steroid dienone is 1. The van der Waals surface area contributed by atoms with Crippen LogP contribution >= 0.6 is 0 Å². The molecule has 1 rings (SSSR count). The number of hydrogen-bond donors (Lipinski definition) is 0. The highest BCUT2D eigenvalue weighted by atomic mass is 16.5. The van der Waals surface area contributed by atoms with Crippen LogP contribution in [-0.2, 0) is 14.3 Å². The predicted octanol–water partition coefficient (Wildman–Crippen LogP) is 1.47. The summed E-state index contributed by atoms with van der Waals surface area (Å²) in [7, 11) is 0. The fraction of sp³-hybridized carbons (Fsp3) is 0.600. The van der Waals surface area contributed by atoms with Gasteiger partial charge in [-0.25, -0.2) is 0 Å². The minimum absolute atomic E-state index is 0.0838. The van der Waals surface area contributed by atoms with Crippen LogP contribution in [0.4, 0.5) is 0 Å². The van der Waals surface area contributed by atoms with Crippen molar-refractivity contribution in [3.8, 4) is 0 Å². The van der Waals surface area contributed by atoms with Gasteiger partial charge in [-0.3, -0.25) is 9.59 Å². The van der Waals surface area contributed by atoms with E-state index in [1.54, 1.807) is 19.9 Å². The van der Waals surface area contributed by atoms with Gasteiger partial charge < -0.3 is 4.74 Å². The fourth-order valence-electron chi connectivity index (χ4n) is 1.62. The second-order valence-electron chi connectivity index (χ2n) is 3.01. The Morgan fingerprint density at radius 3 is 2.92 bits per heavy atom. The maximum atomic E-state index is 11.3. The molecule has 1 aliphatic carbocycles. The van der Waals surface area contributed by atoms with Crippen LogP contribution in [0.25, 0.3) is 0 Å². The monoisotopic (exact) mass is 182 g/mol. The van der Waals surface area contributed by atoms with Gasteiger partial charge in [0.1, 0.15) is 0 Å². The van der Waals surface area contributed by atoms with E-state index in [2.05, 4.69) is 0 Å². The molecule has 3 heteroatoms. The van der Waals surface area contributed by atoms with Crippen molar-refractivity contribution < 1.29 is 14.3 Å². The molecule has 0 saturated heterocycles. The molecule has 0 spiro atoms. The van der Waals surface area contributed by atoms with Gasteiger partial charge >= 0.3 is 5.97 Å². The van der Waals surface area contributed by atoms with Crippen LogP contribution in [0.2, 0.25) is 0 Å². The maximum absolute atomic E-state index is 11.3. The highest BCUT2D eigenvalue weighted by Gasteiger charge is 2.33. The SMILES string of the molecule is C/C=C1/C(=O)CCC1C(=O)OCC. The van der Waals surface area contributed by atoms with E-state index in [0.29, 0.717) is 25.0 Å². The van der Waals surface area contributed by atoms with Crippen LogP contribution in [0, 0.1) is 5.92 Å². The van der Waals surface area contributed by atoms with E-state index >= 15 is 0 Å². The summed E-state index contributed by atoms with van der Waals surface area (Å²) in [5.74, 6) is -0.487. The minimum atomic E-state index is -0.308. The third kappa shape index (κ3) is 1.97. The van der Waals surface area contributed by atoms with Crippen LogP contribution < -0.4 is 0 Å². The van der Waals surface area contributed by atoms with E-state index in [9.17, 15) is 9.59 Å². The van der Waals surface area contributed by atoms with Gasteiger partial charge in [0.2, 0.25) is 0 Å². The van der Waals surface area contributed by atoms with Crippen LogP contribution in [0.3, 0.4) is 0 Å². The Morgan fingerprint density at radius 1 is 1.69 bits per heavy atom. The summed E-state index contributed by atoms with van der Waals surface area (Å²) in [6.07, 6.45) is 2.80. The van der Waals surface area contributed by atoms with Crippen molar-refractivity contribution in [3.05, 3.63) is 11.6 Å². The van der Waals surface area contributed by atoms with E-state index in [1.807, 2.05) is 0 Å². The lowest BCUT2D eigenvalue weighted by atomic mass is 10.0. The number of Topliss-reactive ketones (excluding diaryl/α,β-unsaturated/α-hetero) is 1. The molecule has 0 bridgehead atoms. The summed E-state index contributed by atoms with van der Waals surface area (Å²) < 4.78 is 4.87. The molecule has 0 aliphatic heterocycles. The predicted molar refractivity (Wildman–Crippen MR) is 48.1 cm³/mol. The first kappa shape index (κ1) is 9.96. The van der Waals surface area contributed by atoms with Gasteiger partial charge in [-0.05, 0) is 20.3 Å².